The maximum absolute atomic E-state index is 11.8. The number of hydrogen-bond acceptors (Lipinski definition) is 4. The van der Waals surface area contributed by atoms with Gasteiger partial charge in [0.15, 0.2) is 11.5 Å². The van der Waals surface area contributed by atoms with Crippen LogP contribution in [0.25, 0.3) is 6.08 Å². The number of phenols is 1. The molecule has 0 fully saturated rings. The first kappa shape index (κ1) is 26.1. The van der Waals surface area contributed by atoms with Crippen molar-refractivity contribution < 1.29 is 19.4 Å². The number of phenolic OH excluding ortho intramolecular Hbond substituents is 1. The van der Waals surface area contributed by atoms with E-state index in [4.69, 9.17) is 9.47 Å². The minimum Gasteiger partial charge on any atom is -0.504 e. The lowest BCUT2D eigenvalue weighted by Crippen LogP contribution is -2.03. The average Bonchev–Trinajstić information content (AvgIpc) is 2.75. The number of aromatic hydroxyl groups is 1. The van der Waals surface area contributed by atoms with Crippen LogP contribution in [0.1, 0.15) is 102 Å². The number of benzene rings is 1. The lowest BCUT2D eigenvalue weighted by Gasteiger charge is -2.04. The zero-order valence-electron chi connectivity index (χ0n) is 19.2. The molecule has 170 valence electrons. The monoisotopic (exact) mass is 418 g/mol. The van der Waals surface area contributed by atoms with E-state index in [1.807, 2.05) is 6.08 Å². The summed E-state index contributed by atoms with van der Waals surface area (Å²) >= 11 is 0. The van der Waals surface area contributed by atoms with Crippen LogP contribution in [0.2, 0.25) is 0 Å². The summed E-state index contributed by atoms with van der Waals surface area (Å²) < 4.78 is 10.3. The van der Waals surface area contributed by atoms with Gasteiger partial charge in [-0.1, -0.05) is 96.1 Å². The minimum atomic E-state index is -0.133. The fourth-order valence-electron chi connectivity index (χ4n) is 3.48. The van der Waals surface area contributed by atoms with Crippen LogP contribution >= 0.6 is 0 Å². The van der Waals surface area contributed by atoms with Gasteiger partial charge in [0, 0.05) is 6.42 Å². The molecule has 4 nitrogen and oxygen atoms in total. The van der Waals surface area contributed by atoms with Crippen LogP contribution in [0.5, 0.6) is 11.5 Å². The van der Waals surface area contributed by atoms with Crippen molar-refractivity contribution in [3.8, 4) is 11.5 Å². The molecule has 0 aliphatic carbocycles. The highest BCUT2D eigenvalue weighted by molar-refractivity contribution is 5.69. The first-order valence-electron chi connectivity index (χ1n) is 11.9. The van der Waals surface area contributed by atoms with Gasteiger partial charge in [-0.05, 0) is 30.2 Å². The normalized spacial score (nSPS) is 11.1. The molecule has 0 bridgehead atoms. The highest BCUT2D eigenvalue weighted by atomic mass is 16.5. The van der Waals surface area contributed by atoms with Crippen molar-refractivity contribution in [2.75, 3.05) is 13.7 Å². The second-order valence-electron chi connectivity index (χ2n) is 8.01. The number of carbonyl (C=O) groups is 1. The third-order valence-electron chi connectivity index (χ3n) is 5.34. The molecular formula is C26H42O4. The fourth-order valence-corrected chi connectivity index (χ4v) is 3.48. The molecule has 0 aliphatic heterocycles. The van der Waals surface area contributed by atoms with Gasteiger partial charge in [-0.25, -0.2) is 0 Å². The first-order valence-corrected chi connectivity index (χ1v) is 11.9. The Hall–Kier alpha value is -1.97. The van der Waals surface area contributed by atoms with Gasteiger partial charge in [0.2, 0.25) is 0 Å². The van der Waals surface area contributed by atoms with Crippen molar-refractivity contribution in [1.29, 1.82) is 0 Å². The van der Waals surface area contributed by atoms with Gasteiger partial charge >= 0.3 is 5.97 Å². The third-order valence-corrected chi connectivity index (χ3v) is 5.34. The van der Waals surface area contributed by atoms with E-state index in [0.717, 1.165) is 18.4 Å². The standard InChI is InChI=1S/C26H42O4/c1-3-4-5-6-7-8-9-10-11-12-13-14-15-18-26(28)30-21-16-17-23-19-20-24(27)25(22-23)29-2/h16-17,19-20,22,27H,3-15,18,21H2,1-2H3/b17-16+. The molecule has 0 spiro atoms. The maximum Gasteiger partial charge on any atom is 0.306 e. The molecule has 1 aromatic carbocycles. The Bertz CT molecular complexity index is 595. The zero-order valence-corrected chi connectivity index (χ0v) is 19.2. The molecule has 0 saturated heterocycles. The van der Waals surface area contributed by atoms with E-state index >= 15 is 0 Å². The highest BCUT2D eigenvalue weighted by Gasteiger charge is 2.02. The van der Waals surface area contributed by atoms with Crippen LogP contribution in [-0.4, -0.2) is 24.8 Å². The summed E-state index contributed by atoms with van der Waals surface area (Å²) in [6, 6.07) is 5.10. The van der Waals surface area contributed by atoms with Gasteiger partial charge in [-0.15, -0.1) is 0 Å². The van der Waals surface area contributed by atoms with Crippen molar-refractivity contribution in [1.82, 2.24) is 0 Å². The van der Waals surface area contributed by atoms with Gasteiger partial charge in [-0.2, -0.15) is 0 Å². The van der Waals surface area contributed by atoms with Crippen LogP contribution in [0.3, 0.4) is 0 Å². The Morgan fingerprint density at radius 2 is 1.47 bits per heavy atom. The molecule has 0 aromatic heterocycles. The van der Waals surface area contributed by atoms with Crippen molar-refractivity contribution in [3.05, 3.63) is 29.8 Å². The van der Waals surface area contributed by atoms with E-state index in [1.54, 1.807) is 24.3 Å². The number of unbranched alkanes of at least 4 members (excludes halogenated alkanes) is 12. The molecule has 0 amide bonds. The average molecular weight is 419 g/mol. The van der Waals surface area contributed by atoms with Crippen LogP contribution < -0.4 is 4.74 Å². The lowest BCUT2D eigenvalue weighted by molar-refractivity contribution is -0.142. The second-order valence-corrected chi connectivity index (χ2v) is 8.01. The van der Waals surface area contributed by atoms with E-state index in [2.05, 4.69) is 6.92 Å². The van der Waals surface area contributed by atoms with Crippen molar-refractivity contribution in [2.45, 2.75) is 96.8 Å². The smallest absolute Gasteiger partial charge is 0.306 e. The number of carbonyl (C=O) groups excluding carboxylic acids is 1. The van der Waals surface area contributed by atoms with Gasteiger partial charge in [0.05, 0.1) is 7.11 Å². The number of esters is 1. The predicted octanol–water partition coefficient (Wildman–Crippen LogP) is 7.44. The Labute approximate surface area is 183 Å². The Kier molecular flexibility index (Phi) is 15.5. The molecule has 1 rings (SSSR count). The number of rotatable bonds is 18. The van der Waals surface area contributed by atoms with Crippen LogP contribution in [-0.2, 0) is 9.53 Å². The Morgan fingerprint density at radius 1 is 0.900 bits per heavy atom. The second kappa shape index (κ2) is 17.9. The number of ether oxygens (including phenoxy) is 2. The topological polar surface area (TPSA) is 55.8 Å². The van der Waals surface area contributed by atoms with Crippen LogP contribution in [0.15, 0.2) is 24.3 Å². The van der Waals surface area contributed by atoms with Crippen molar-refractivity contribution in [3.63, 3.8) is 0 Å². The summed E-state index contributed by atoms with van der Waals surface area (Å²) in [7, 11) is 1.51. The molecule has 30 heavy (non-hydrogen) atoms. The predicted molar refractivity (Wildman–Crippen MR) is 125 cm³/mol. The summed E-state index contributed by atoms with van der Waals surface area (Å²) in [6.07, 6.45) is 21.0. The fraction of sp³-hybridized carbons (Fsp3) is 0.654. The lowest BCUT2D eigenvalue weighted by atomic mass is 10.0. The quantitative estimate of drug-likeness (QED) is 0.199. The molecule has 4 heteroatoms. The van der Waals surface area contributed by atoms with E-state index < -0.39 is 0 Å². The van der Waals surface area contributed by atoms with Crippen LogP contribution in [0, 0.1) is 0 Å². The number of hydrogen-bond donors (Lipinski definition) is 1. The summed E-state index contributed by atoms with van der Waals surface area (Å²) in [5.41, 5.74) is 0.886. The number of methoxy groups -OCH3 is 1. The van der Waals surface area contributed by atoms with Crippen molar-refractivity contribution in [2.24, 2.45) is 0 Å². The molecular weight excluding hydrogens is 376 g/mol. The molecule has 0 saturated carbocycles. The van der Waals surface area contributed by atoms with E-state index in [1.165, 1.54) is 77.7 Å². The molecule has 0 unspecified atom stereocenters. The maximum atomic E-state index is 11.8. The summed E-state index contributed by atoms with van der Waals surface area (Å²) in [6.45, 7) is 2.53. The van der Waals surface area contributed by atoms with Gasteiger partial charge in [0.25, 0.3) is 0 Å². The largest absolute Gasteiger partial charge is 0.504 e. The zero-order chi connectivity index (χ0) is 21.9. The van der Waals surface area contributed by atoms with E-state index in [0.29, 0.717) is 12.2 Å². The van der Waals surface area contributed by atoms with E-state index in [9.17, 15) is 9.90 Å². The van der Waals surface area contributed by atoms with Crippen LogP contribution in [0.4, 0.5) is 0 Å². The summed E-state index contributed by atoms with van der Waals surface area (Å²) in [5.74, 6) is 0.404. The van der Waals surface area contributed by atoms with Gasteiger partial charge < -0.3 is 14.6 Å². The highest BCUT2D eigenvalue weighted by Crippen LogP contribution is 2.26. The molecule has 0 atom stereocenters. The Balaban J connectivity index is 1.94. The van der Waals surface area contributed by atoms with Crippen molar-refractivity contribution >= 4 is 12.0 Å². The Morgan fingerprint density at radius 3 is 2.03 bits per heavy atom. The van der Waals surface area contributed by atoms with Gasteiger partial charge in [-0.3, -0.25) is 4.79 Å². The first-order chi connectivity index (χ1) is 14.7. The molecule has 0 aliphatic rings. The molecule has 1 aromatic rings. The molecule has 0 heterocycles. The van der Waals surface area contributed by atoms with E-state index in [-0.39, 0.29) is 18.3 Å². The summed E-state index contributed by atoms with van der Waals surface area (Å²) in [5, 5.41) is 9.58. The SMILES string of the molecule is CCCCCCCCCCCCCCCC(=O)OC/C=C/c1ccc(O)c(OC)c1. The molecule has 0 radical (unpaired) electrons. The summed E-state index contributed by atoms with van der Waals surface area (Å²) in [4.78, 5) is 11.8. The molecule has 1 N–H and O–H groups in total. The minimum absolute atomic E-state index is 0.110. The van der Waals surface area contributed by atoms with Gasteiger partial charge in [0.1, 0.15) is 6.61 Å². The third kappa shape index (κ3) is 13.3.